The Labute approximate surface area is 159 Å². The number of hydrogen-bond donors (Lipinski definition) is 1. The molecule has 0 bridgehead atoms. The highest BCUT2D eigenvalue weighted by atomic mass is 16.5. The lowest BCUT2D eigenvalue weighted by atomic mass is 10.1. The van der Waals surface area contributed by atoms with Crippen molar-refractivity contribution >= 4 is 5.91 Å². The molecule has 0 spiro atoms. The zero-order chi connectivity index (χ0) is 18.7. The SMILES string of the molecule is O=C(NCCCOc1ccccc1)C(Oc1ccccc1)c1ccccc1. The van der Waals surface area contributed by atoms with E-state index in [0.29, 0.717) is 25.3 Å². The van der Waals surface area contributed by atoms with Gasteiger partial charge in [0.25, 0.3) is 5.91 Å². The minimum Gasteiger partial charge on any atom is -0.494 e. The number of hydrogen-bond acceptors (Lipinski definition) is 3. The molecule has 0 saturated heterocycles. The first kappa shape index (κ1) is 18.5. The molecule has 1 N–H and O–H groups in total. The summed E-state index contributed by atoms with van der Waals surface area (Å²) in [6.07, 6.45) is 0.0247. The number of carbonyl (C=O) groups excluding carboxylic acids is 1. The number of ether oxygens (including phenoxy) is 2. The van der Waals surface area contributed by atoms with Gasteiger partial charge in [-0.2, -0.15) is 0 Å². The molecule has 0 saturated carbocycles. The van der Waals surface area contributed by atoms with Crippen molar-refractivity contribution in [3.8, 4) is 11.5 Å². The lowest BCUT2D eigenvalue weighted by Crippen LogP contribution is -2.33. The van der Waals surface area contributed by atoms with Crippen LogP contribution in [0.4, 0.5) is 0 Å². The Kier molecular flexibility index (Phi) is 6.87. The van der Waals surface area contributed by atoms with E-state index in [4.69, 9.17) is 9.47 Å². The second-order valence-corrected chi connectivity index (χ2v) is 6.03. The van der Waals surface area contributed by atoms with E-state index in [0.717, 1.165) is 11.3 Å². The molecule has 0 aromatic heterocycles. The van der Waals surface area contributed by atoms with Gasteiger partial charge in [-0.05, 0) is 30.7 Å². The molecule has 27 heavy (non-hydrogen) atoms. The number of amides is 1. The van der Waals surface area contributed by atoms with Gasteiger partial charge in [0.15, 0.2) is 0 Å². The van der Waals surface area contributed by atoms with Gasteiger partial charge in [-0.15, -0.1) is 0 Å². The van der Waals surface area contributed by atoms with Crippen molar-refractivity contribution in [1.29, 1.82) is 0 Å². The molecule has 0 fully saturated rings. The molecule has 0 aliphatic carbocycles. The molecule has 138 valence electrons. The van der Waals surface area contributed by atoms with Crippen molar-refractivity contribution in [3.63, 3.8) is 0 Å². The van der Waals surface area contributed by atoms with E-state index in [1.165, 1.54) is 0 Å². The summed E-state index contributed by atoms with van der Waals surface area (Å²) in [4.78, 5) is 12.7. The summed E-state index contributed by atoms with van der Waals surface area (Å²) in [6, 6.07) is 28.5. The van der Waals surface area contributed by atoms with E-state index in [1.807, 2.05) is 91.0 Å². The molecule has 0 heterocycles. The normalized spacial score (nSPS) is 11.4. The summed E-state index contributed by atoms with van der Waals surface area (Å²) >= 11 is 0. The zero-order valence-electron chi connectivity index (χ0n) is 15.1. The lowest BCUT2D eigenvalue weighted by molar-refractivity contribution is -0.128. The van der Waals surface area contributed by atoms with Gasteiger partial charge in [0.05, 0.1) is 6.61 Å². The minimum atomic E-state index is -0.691. The van der Waals surface area contributed by atoms with E-state index in [9.17, 15) is 4.79 Å². The van der Waals surface area contributed by atoms with Crippen molar-refractivity contribution < 1.29 is 14.3 Å². The van der Waals surface area contributed by atoms with Gasteiger partial charge in [0.2, 0.25) is 6.10 Å². The van der Waals surface area contributed by atoms with Crippen LogP contribution in [-0.4, -0.2) is 19.1 Å². The van der Waals surface area contributed by atoms with Gasteiger partial charge in [-0.3, -0.25) is 4.79 Å². The largest absolute Gasteiger partial charge is 0.494 e. The molecule has 3 aromatic carbocycles. The van der Waals surface area contributed by atoms with E-state index in [2.05, 4.69) is 5.32 Å². The van der Waals surface area contributed by atoms with Crippen LogP contribution >= 0.6 is 0 Å². The average molecular weight is 361 g/mol. The van der Waals surface area contributed by atoms with Crippen LogP contribution in [-0.2, 0) is 4.79 Å². The second-order valence-electron chi connectivity index (χ2n) is 6.03. The van der Waals surface area contributed by atoms with Crippen LogP contribution in [0.3, 0.4) is 0 Å². The predicted molar refractivity (Wildman–Crippen MR) is 106 cm³/mol. The maximum atomic E-state index is 12.7. The fourth-order valence-electron chi connectivity index (χ4n) is 2.62. The van der Waals surface area contributed by atoms with Gasteiger partial charge in [-0.1, -0.05) is 66.7 Å². The molecule has 0 aliphatic heterocycles. The van der Waals surface area contributed by atoms with Crippen LogP contribution < -0.4 is 14.8 Å². The van der Waals surface area contributed by atoms with Gasteiger partial charge in [0.1, 0.15) is 11.5 Å². The highest BCUT2D eigenvalue weighted by Gasteiger charge is 2.22. The molecule has 4 nitrogen and oxygen atoms in total. The van der Waals surface area contributed by atoms with Crippen LogP contribution in [0, 0.1) is 0 Å². The minimum absolute atomic E-state index is 0.162. The first-order valence-electron chi connectivity index (χ1n) is 9.05. The molecular weight excluding hydrogens is 338 g/mol. The Morgan fingerprint density at radius 3 is 1.96 bits per heavy atom. The van der Waals surface area contributed by atoms with Crippen molar-refractivity contribution in [3.05, 3.63) is 96.6 Å². The topological polar surface area (TPSA) is 47.6 Å². The van der Waals surface area contributed by atoms with E-state index in [-0.39, 0.29) is 5.91 Å². The van der Waals surface area contributed by atoms with Crippen molar-refractivity contribution in [2.24, 2.45) is 0 Å². The molecule has 0 radical (unpaired) electrons. The number of para-hydroxylation sites is 2. The van der Waals surface area contributed by atoms with Crippen molar-refractivity contribution in [1.82, 2.24) is 5.32 Å². The van der Waals surface area contributed by atoms with Gasteiger partial charge in [-0.25, -0.2) is 0 Å². The summed E-state index contributed by atoms with van der Waals surface area (Å²) in [7, 11) is 0. The molecule has 1 amide bonds. The summed E-state index contributed by atoms with van der Waals surface area (Å²) in [5.74, 6) is 1.33. The summed E-state index contributed by atoms with van der Waals surface area (Å²) in [5, 5.41) is 2.94. The predicted octanol–water partition coefficient (Wildman–Crippen LogP) is 4.39. The highest BCUT2D eigenvalue weighted by molar-refractivity contribution is 5.82. The van der Waals surface area contributed by atoms with Crippen LogP contribution in [0.15, 0.2) is 91.0 Å². The number of carbonyl (C=O) groups is 1. The maximum absolute atomic E-state index is 12.7. The lowest BCUT2D eigenvalue weighted by Gasteiger charge is -2.19. The Balaban J connectivity index is 1.53. The molecule has 3 rings (SSSR count). The number of rotatable bonds is 9. The third kappa shape index (κ3) is 5.89. The molecule has 3 aromatic rings. The van der Waals surface area contributed by atoms with E-state index >= 15 is 0 Å². The standard InChI is InChI=1S/C23H23NO3/c25-23(24-17-10-18-26-20-13-6-2-7-14-20)22(19-11-4-1-5-12-19)27-21-15-8-3-9-16-21/h1-9,11-16,22H,10,17-18H2,(H,24,25). The number of benzene rings is 3. The zero-order valence-corrected chi connectivity index (χ0v) is 15.1. The third-order valence-electron chi connectivity index (χ3n) is 3.97. The van der Waals surface area contributed by atoms with Crippen LogP contribution in [0.25, 0.3) is 0 Å². The Hall–Kier alpha value is -3.27. The molecule has 1 atom stereocenters. The Bertz CT molecular complexity index is 807. The van der Waals surface area contributed by atoms with Crippen LogP contribution in [0.2, 0.25) is 0 Å². The highest BCUT2D eigenvalue weighted by Crippen LogP contribution is 2.22. The number of nitrogens with one attached hydrogen (secondary N) is 1. The van der Waals surface area contributed by atoms with E-state index in [1.54, 1.807) is 0 Å². The molecule has 4 heteroatoms. The van der Waals surface area contributed by atoms with Crippen LogP contribution in [0.1, 0.15) is 18.1 Å². The quantitative estimate of drug-likeness (QED) is 0.575. The summed E-state index contributed by atoms with van der Waals surface area (Å²) < 4.78 is 11.6. The summed E-state index contributed by atoms with van der Waals surface area (Å²) in [6.45, 7) is 1.06. The van der Waals surface area contributed by atoms with Crippen LogP contribution in [0.5, 0.6) is 11.5 Å². The molecular formula is C23H23NO3. The fourth-order valence-corrected chi connectivity index (χ4v) is 2.62. The average Bonchev–Trinajstić information content (AvgIpc) is 2.74. The third-order valence-corrected chi connectivity index (χ3v) is 3.97. The van der Waals surface area contributed by atoms with Gasteiger partial charge in [0, 0.05) is 12.1 Å². The first-order chi connectivity index (χ1) is 13.3. The van der Waals surface area contributed by atoms with Crippen molar-refractivity contribution in [2.75, 3.05) is 13.2 Å². The second kappa shape index (κ2) is 10.0. The van der Waals surface area contributed by atoms with Crippen molar-refractivity contribution in [2.45, 2.75) is 12.5 Å². The molecule has 1 unspecified atom stereocenters. The van der Waals surface area contributed by atoms with E-state index < -0.39 is 6.10 Å². The maximum Gasteiger partial charge on any atom is 0.265 e. The molecule has 0 aliphatic rings. The summed E-state index contributed by atoms with van der Waals surface area (Å²) in [5.41, 5.74) is 0.819. The van der Waals surface area contributed by atoms with Gasteiger partial charge >= 0.3 is 0 Å². The smallest absolute Gasteiger partial charge is 0.265 e. The Morgan fingerprint density at radius 1 is 0.778 bits per heavy atom. The monoisotopic (exact) mass is 361 g/mol. The Morgan fingerprint density at radius 2 is 1.33 bits per heavy atom. The first-order valence-corrected chi connectivity index (χ1v) is 9.05. The van der Waals surface area contributed by atoms with Gasteiger partial charge < -0.3 is 14.8 Å². The fraction of sp³-hybridized carbons (Fsp3) is 0.174.